The Kier molecular flexibility index (Phi) is 11.3. The van der Waals surface area contributed by atoms with E-state index in [9.17, 15) is 14.7 Å². The monoisotopic (exact) mass is 794 g/mol. The predicted molar refractivity (Wildman–Crippen MR) is 227 cm³/mol. The molecule has 4 heterocycles. The number of aryl methyl sites for hydroxylation is 1. The van der Waals surface area contributed by atoms with Gasteiger partial charge in [-0.1, -0.05) is 78.5 Å². The van der Waals surface area contributed by atoms with Crippen LogP contribution in [0, 0.1) is 5.92 Å². The molecule has 2 aliphatic heterocycles. The third-order valence-electron chi connectivity index (χ3n) is 12.4. The van der Waals surface area contributed by atoms with Crippen LogP contribution in [-0.4, -0.2) is 86.4 Å². The van der Waals surface area contributed by atoms with E-state index in [1.54, 1.807) is 11.8 Å². The molecular formula is C47H50N6O4S. The molecule has 10 nitrogen and oxygen atoms in total. The highest BCUT2D eigenvalue weighted by Crippen LogP contribution is 2.47. The van der Waals surface area contributed by atoms with Gasteiger partial charge in [0.05, 0.1) is 29.8 Å². The van der Waals surface area contributed by atoms with Crippen molar-refractivity contribution in [2.24, 2.45) is 5.92 Å². The van der Waals surface area contributed by atoms with Crippen LogP contribution in [0.4, 0.5) is 0 Å². The van der Waals surface area contributed by atoms with E-state index in [0.29, 0.717) is 50.2 Å². The van der Waals surface area contributed by atoms with Crippen LogP contribution in [0.15, 0.2) is 108 Å². The van der Waals surface area contributed by atoms with Crippen LogP contribution in [0.2, 0.25) is 0 Å². The standard InChI is InChI=1S/C47H50N6O4S/c54-31-48-28-36-27-44-42-8-4-5-9-43(42)49-47(53(44)50-36)58-30-32-18-22-51(23-19-32)29-45(56)52-24-20-39(21-25-52)57-38-14-10-34(11-15-38)46-40(33-6-2-1-3-7-33)16-12-35-26-37(55)13-17-41(35)46/h1-11,13-15,17,26-27,31-32,39-40,46,55H,12,16,18-25,28-30H2,(H,48,54). The van der Waals surface area contributed by atoms with Crippen molar-refractivity contribution in [3.63, 3.8) is 0 Å². The van der Waals surface area contributed by atoms with E-state index < -0.39 is 0 Å². The highest BCUT2D eigenvalue weighted by Gasteiger charge is 2.33. The number of aromatic nitrogens is 3. The molecule has 0 radical (unpaired) electrons. The van der Waals surface area contributed by atoms with Crippen molar-refractivity contribution >= 4 is 40.5 Å². The number of fused-ring (bicyclic) bond motifs is 4. The zero-order valence-electron chi connectivity index (χ0n) is 32.7. The fraction of sp³-hybridized carbons (Fsp3) is 0.362. The molecule has 2 N–H and O–H groups in total. The molecule has 2 amide bonds. The Morgan fingerprint density at radius 3 is 2.43 bits per heavy atom. The number of nitrogens with zero attached hydrogens (tertiary/aromatic N) is 5. The van der Waals surface area contributed by atoms with Gasteiger partial charge in [-0.25, -0.2) is 9.50 Å². The van der Waals surface area contributed by atoms with Crippen molar-refractivity contribution in [2.45, 2.75) is 68.2 Å². The van der Waals surface area contributed by atoms with Gasteiger partial charge in [-0.3, -0.25) is 14.5 Å². The topological polar surface area (TPSA) is 112 Å². The number of carbonyl (C=O) groups is 2. The first-order valence-corrected chi connectivity index (χ1v) is 21.7. The van der Waals surface area contributed by atoms with E-state index in [4.69, 9.17) is 14.8 Å². The Bertz CT molecular complexity index is 2370. The molecule has 6 aromatic rings. The number of likely N-dealkylation sites (tertiary alicyclic amines) is 2. The third-order valence-corrected chi connectivity index (χ3v) is 13.5. The normalized spacial score (nSPS) is 19.3. The summed E-state index contributed by atoms with van der Waals surface area (Å²) in [7, 11) is 0. The molecule has 4 aromatic carbocycles. The number of amides is 2. The van der Waals surface area contributed by atoms with Gasteiger partial charge >= 0.3 is 0 Å². The summed E-state index contributed by atoms with van der Waals surface area (Å²) < 4.78 is 8.41. The maximum Gasteiger partial charge on any atom is 0.236 e. The number of nitrogens with one attached hydrogen (secondary N) is 1. The Morgan fingerprint density at radius 2 is 1.64 bits per heavy atom. The maximum atomic E-state index is 13.4. The van der Waals surface area contributed by atoms with Crippen LogP contribution >= 0.6 is 11.8 Å². The Morgan fingerprint density at radius 1 is 0.862 bits per heavy atom. The lowest BCUT2D eigenvalue weighted by Gasteiger charge is -2.36. The molecule has 9 rings (SSSR count). The summed E-state index contributed by atoms with van der Waals surface area (Å²) in [6.07, 6.45) is 6.50. The number of phenolic OH excluding ortho intramolecular Hbond substituents is 1. The number of aromatic hydroxyl groups is 1. The molecule has 3 aliphatic rings. The van der Waals surface area contributed by atoms with Crippen molar-refractivity contribution in [3.05, 3.63) is 131 Å². The molecule has 0 saturated carbocycles. The molecule has 11 heteroatoms. The van der Waals surface area contributed by atoms with Crippen molar-refractivity contribution in [3.8, 4) is 11.5 Å². The van der Waals surface area contributed by atoms with Crippen molar-refractivity contribution in [2.75, 3.05) is 38.5 Å². The second-order valence-corrected chi connectivity index (χ2v) is 17.0. The van der Waals surface area contributed by atoms with Crippen molar-refractivity contribution in [1.82, 2.24) is 29.7 Å². The highest BCUT2D eigenvalue weighted by molar-refractivity contribution is 7.99. The number of benzene rings is 4. The number of ether oxygens (including phenoxy) is 1. The molecule has 2 aromatic heterocycles. The maximum absolute atomic E-state index is 13.4. The number of hydrogen-bond donors (Lipinski definition) is 2. The second-order valence-electron chi connectivity index (χ2n) is 16.1. The smallest absolute Gasteiger partial charge is 0.236 e. The zero-order chi connectivity index (χ0) is 39.4. The van der Waals surface area contributed by atoms with Crippen LogP contribution in [0.5, 0.6) is 11.5 Å². The Balaban J connectivity index is 0.749. The van der Waals surface area contributed by atoms with Gasteiger partial charge in [0.25, 0.3) is 0 Å². The summed E-state index contributed by atoms with van der Waals surface area (Å²) in [5.41, 5.74) is 7.86. The van der Waals surface area contributed by atoms with Gasteiger partial charge < -0.3 is 20.1 Å². The lowest BCUT2D eigenvalue weighted by molar-refractivity contribution is -0.134. The molecule has 2 atom stereocenters. The Hall–Kier alpha value is -5.39. The van der Waals surface area contributed by atoms with Crippen LogP contribution in [0.3, 0.4) is 0 Å². The molecule has 2 unspecified atom stereocenters. The van der Waals surface area contributed by atoms with Crippen LogP contribution < -0.4 is 10.1 Å². The average Bonchev–Trinajstić information content (AvgIpc) is 3.70. The van der Waals surface area contributed by atoms with Gasteiger partial charge in [-0.05, 0) is 109 Å². The fourth-order valence-corrected chi connectivity index (χ4v) is 10.4. The average molecular weight is 795 g/mol. The lowest BCUT2D eigenvalue weighted by atomic mass is 9.69. The highest BCUT2D eigenvalue weighted by atomic mass is 32.2. The second kappa shape index (κ2) is 17.2. The molecule has 2 saturated heterocycles. The summed E-state index contributed by atoms with van der Waals surface area (Å²) in [5, 5.41) is 19.6. The van der Waals surface area contributed by atoms with Gasteiger partial charge in [0.2, 0.25) is 12.3 Å². The zero-order valence-corrected chi connectivity index (χ0v) is 33.5. The van der Waals surface area contributed by atoms with Gasteiger partial charge in [-0.2, -0.15) is 5.10 Å². The largest absolute Gasteiger partial charge is 0.508 e. The predicted octanol–water partition coefficient (Wildman–Crippen LogP) is 7.57. The SMILES string of the molecule is O=CNCc1cc2c3ccccc3nc(SCC3CCN(CC(=O)N4CCC(Oc5ccc(C6c7ccc(O)cc7CCC6c6ccccc6)cc5)CC4)CC3)n2n1. The van der Waals surface area contributed by atoms with E-state index in [2.05, 4.69) is 76.9 Å². The minimum Gasteiger partial charge on any atom is -0.508 e. The first-order chi connectivity index (χ1) is 28.5. The molecule has 0 spiro atoms. The van der Waals surface area contributed by atoms with Crippen LogP contribution in [0.25, 0.3) is 16.4 Å². The van der Waals surface area contributed by atoms with Crippen molar-refractivity contribution < 1.29 is 19.4 Å². The third kappa shape index (κ3) is 8.29. The number of para-hydroxylation sites is 1. The first-order valence-electron chi connectivity index (χ1n) is 20.7. The molecule has 1 aliphatic carbocycles. The summed E-state index contributed by atoms with van der Waals surface area (Å²) in [6, 6.07) is 35.4. The van der Waals surface area contributed by atoms with Gasteiger partial charge in [0.1, 0.15) is 17.6 Å². The number of hydrogen-bond acceptors (Lipinski definition) is 8. The van der Waals surface area contributed by atoms with Gasteiger partial charge in [0, 0.05) is 43.0 Å². The molecule has 298 valence electrons. The van der Waals surface area contributed by atoms with Crippen LogP contribution in [-0.2, 0) is 22.6 Å². The summed E-state index contributed by atoms with van der Waals surface area (Å²) >= 11 is 1.74. The summed E-state index contributed by atoms with van der Waals surface area (Å²) in [5.74, 6) is 3.45. The first kappa shape index (κ1) is 38.1. The van der Waals surface area contributed by atoms with Gasteiger partial charge in [-0.15, -0.1) is 0 Å². The fourth-order valence-electron chi connectivity index (χ4n) is 9.27. The molecule has 2 fully saturated rings. The molecule has 58 heavy (non-hydrogen) atoms. The minimum atomic E-state index is 0.0817. The van der Waals surface area contributed by atoms with E-state index in [-0.39, 0.29) is 17.9 Å². The quantitative estimate of drug-likeness (QED) is 0.0742. The summed E-state index contributed by atoms with van der Waals surface area (Å²) in [4.78, 5) is 33.6. The van der Waals surface area contributed by atoms with E-state index in [1.807, 2.05) is 45.8 Å². The van der Waals surface area contributed by atoms with E-state index in [0.717, 1.165) is 90.4 Å². The number of piperidine rings is 2. The number of thioether (sulfide) groups is 1. The number of phenols is 1. The van der Waals surface area contributed by atoms with Crippen molar-refractivity contribution in [1.29, 1.82) is 0 Å². The Labute approximate surface area is 343 Å². The van der Waals surface area contributed by atoms with Gasteiger partial charge in [0.15, 0.2) is 5.16 Å². The summed E-state index contributed by atoms with van der Waals surface area (Å²) in [6.45, 7) is 4.11. The van der Waals surface area contributed by atoms with E-state index in [1.165, 1.54) is 22.3 Å². The number of rotatable bonds is 12. The molecule has 0 bridgehead atoms. The van der Waals surface area contributed by atoms with Crippen LogP contribution in [0.1, 0.15) is 71.9 Å². The minimum absolute atomic E-state index is 0.0817. The molecular weight excluding hydrogens is 745 g/mol. The lowest BCUT2D eigenvalue weighted by Crippen LogP contribution is -2.47. The van der Waals surface area contributed by atoms with E-state index >= 15 is 0 Å². The number of carbonyl (C=O) groups excluding carboxylic acids is 2.